The molecule has 1 aliphatic heterocycles. The lowest BCUT2D eigenvalue weighted by atomic mass is 10.2. The highest BCUT2D eigenvalue weighted by Crippen LogP contribution is 2.33. The van der Waals surface area contributed by atoms with Crippen molar-refractivity contribution in [3.05, 3.63) is 59.9 Å². The van der Waals surface area contributed by atoms with E-state index in [0.717, 1.165) is 43.1 Å². The fraction of sp³-hybridized carbons (Fsp3) is 0.250. The van der Waals surface area contributed by atoms with Gasteiger partial charge in [-0.1, -0.05) is 0 Å². The van der Waals surface area contributed by atoms with E-state index in [0.29, 0.717) is 11.2 Å². The maximum atomic E-state index is 15.1. The molecule has 1 saturated heterocycles. The van der Waals surface area contributed by atoms with Crippen LogP contribution in [0, 0.1) is 24.1 Å². The summed E-state index contributed by atoms with van der Waals surface area (Å²) in [4.78, 5) is 14.9. The number of aryl methyl sites for hydroxylation is 2. The Morgan fingerprint density at radius 2 is 1.97 bits per heavy atom. The molecule has 0 radical (unpaired) electrons. The minimum absolute atomic E-state index is 0.0160. The Bertz CT molecular complexity index is 1390. The second-order valence-electron chi connectivity index (χ2n) is 8.04. The first-order chi connectivity index (χ1) is 16.5. The zero-order valence-corrected chi connectivity index (χ0v) is 18.8. The summed E-state index contributed by atoms with van der Waals surface area (Å²) in [7, 11) is 1.87. The number of aromatic nitrogens is 4. The van der Waals surface area contributed by atoms with Crippen LogP contribution in [0.5, 0.6) is 11.6 Å². The molecule has 0 aliphatic carbocycles. The predicted molar refractivity (Wildman–Crippen MR) is 127 cm³/mol. The molecule has 4 heterocycles. The fourth-order valence-electron chi connectivity index (χ4n) is 4.00. The number of pyridine rings is 1. The summed E-state index contributed by atoms with van der Waals surface area (Å²) in [6.07, 6.45) is 3.04. The van der Waals surface area contributed by atoms with Gasteiger partial charge >= 0.3 is 0 Å². The van der Waals surface area contributed by atoms with E-state index < -0.39 is 5.82 Å². The first-order valence-corrected chi connectivity index (χ1v) is 10.9. The van der Waals surface area contributed by atoms with Crippen molar-refractivity contribution in [1.29, 1.82) is 5.26 Å². The van der Waals surface area contributed by atoms with Crippen molar-refractivity contribution >= 4 is 28.2 Å². The van der Waals surface area contributed by atoms with Gasteiger partial charge in [0.05, 0.1) is 17.4 Å². The number of benzene rings is 1. The summed E-state index contributed by atoms with van der Waals surface area (Å²) in [5.74, 6) is 0.184. The van der Waals surface area contributed by atoms with Gasteiger partial charge in [-0.3, -0.25) is 0 Å². The Hall–Kier alpha value is -4.23. The molecule has 0 spiro atoms. The van der Waals surface area contributed by atoms with E-state index in [4.69, 9.17) is 4.74 Å². The number of nitriles is 1. The van der Waals surface area contributed by atoms with Gasteiger partial charge in [-0.2, -0.15) is 5.26 Å². The zero-order chi connectivity index (χ0) is 23.7. The first kappa shape index (κ1) is 21.6. The molecule has 1 aromatic carbocycles. The van der Waals surface area contributed by atoms with Crippen LogP contribution in [0.3, 0.4) is 0 Å². The molecule has 34 heavy (non-hydrogen) atoms. The average molecular weight is 459 g/mol. The third-order valence-corrected chi connectivity index (χ3v) is 5.97. The molecule has 3 aromatic heterocycles. The normalized spacial score (nSPS) is 13.6. The lowest BCUT2D eigenvalue weighted by Gasteiger charge is -2.29. The van der Waals surface area contributed by atoms with Crippen LogP contribution in [0.1, 0.15) is 11.3 Å². The van der Waals surface area contributed by atoms with Gasteiger partial charge in [-0.05, 0) is 37.3 Å². The zero-order valence-electron chi connectivity index (χ0n) is 18.8. The van der Waals surface area contributed by atoms with Crippen LogP contribution in [0.2, 0.25) is 0 Å². The molecule has 9 nitrogen and oxygen atoms in total. The van der Waals surface area contributed by atoms with Gasteiger partial charge in [0.2, 0.25) is 5.88 Å². The molecular weight excluding hydrogens is 435 g/mol. The molecule has 0 atom stereocenters. The fourth-order valence-corrected chi connectivity index (χ4v) is 4.00. The third kappa shape index (κ3) is 3.97. The van der Waals surface area contributed by atoms with Gasteiger partial charge in [-0.25, -0.2) is 19.3 Å². The number of nitrogens with one attached hydrogen (secondary N) is 2. The molecule has 5 rings (SSSR count). The summed E-state index contributed by atoms with van der Waals surface area (Å²) < 4.78 is 22.8. The SMILES string of the molecule is Cc1cc2c(F)c(Oc3ncnc(Nc4ccc(N5CCNCC5)cn4)c3C#N)ccc2n1C. The Labute approximate surface area is 195 Å². The number of fused-ring (bicyclic) bond motifs is 1. The maximum absolute atomic E-state index is 15.1. The molecule has 4 aromatic rings. The standard InChI is InChI=1S/C24H23FN8O/c1-15-11-17-19(32(15)2)4-5-20(22(17)25)34-24-18(12-26)23(29-14-30-24)31-21-6-3-16(13-28-21)33-9-7-27-8-10-33/h3-6,11,13-14,27H,7-10H2,1-2H3,(H,28,29,30,31). The number of rotatable bonds is 5. The van der Waals surface area contributed by atoms with Crippen LogP contribution in [-0.4, -0.2) is 45.7 Å². The van der Waals surface area contributed by atoms with Crippen molar-refractivity contribution in [3.63, 3.8) is 0 Å². The summed E-state index contributed by atoms with van der Waals surface area (Å²) in [6.45, 7) is 5.62. The highest BCUT2D eigenvalue weighted by molar-refractivity contribution is 5.83. The average Bonchev–Trinajstić information content (AvgIpc) is 3.16. The van der Waals surface area contributed by atoms with Gasteiger partial charge in [0.15, 0.2) is 22.9 Å². The van der Waals surface area contributed by atoms with Gasteiger partial charge in [0, 0.05) is 44.3 Å². The van der Waals surface area contributed by atoms with Crippen LogP contribution in [-0.2, 0) is 7.05 Å². The van der Waals surface area contributed by atoms with Crippen molar-refractivity contribution in [2.45, 2.75) is 6.92 Å². The van der Waals surface area contributed by atoms with Crippen LogP contribution in [0.25, 0.3) is 10.9 Å². The van der Waals surface area contributed by atoms with E-state index in [9.17, 15) is 5.26 Å². The van der Waals surface area contributed by atoms with E-state index in [1.807, 2.05) is 30.7 Å². The van der Waals surface area contributed by atoms with E-state index in [-0.39, 0.29) is 23.0 Å². The number of halogens is 1. The van der Waals surface area contributed by atoms with Crippen LogP contribution in [0.4, 0.5) is 21.7 Å². The Balaban J connectivity index is 1.40. The van der Waals surface area contributed by atoms with Gasteiger partial charge in [0.1, 0.15) is 18.2 Å². The lowest BCUT2D eigenvalue weighted by Crippen LogP contribution is -2.43. The Kier molecular flexibility index (Phi) is 5.69. The molecule has 1 aliphatic rings. The minimum atomic E-state index is -0.511. The van der Waals surface area contributed by atoms with E-state index in [1.165, 1.54) is 12.4 Å². The number of piperazine rings is 1. The van der Waals surface area contributed by atoms with Crippen molar-refractivity contribution in [2.24, 2.45) is 7.05 Å². The molecule has 10 heteroatoms. The smallest absolute Gasteiger partial charge is 0.242 e. The van der Waals surface area contributed by atoms with E-state index in [1.54, 1.807) is 18.3 Å². The van der Waals surface area contributed by atoms with Crippen molar-refractivity contribution in [1.82, 2.24) is 24.8 Å². The number of ether oxygens (including phenoxy) is 1. The topological polar surface area (TPSA) is 104 Å². The monoisotopic (exact) mass is 458 g/mol. The van der Waals surface area contributed by atoms with Crippen molar-refractivity contribution < 1.29 is 9.13 Å². The summed E-state index contributed by atoms with van der Waals surface area (Å²) >= 11 is 0. The number of hydrogen-bond acceptors (Lipinski definition) is 8. The van der Waals surface area contributed by atoms with Gasteiger partial charge in [0.25, 0.3) is 0 Å². The molecule has 1 fully saturated rings. The Morgan fingerprint density at radius 1 is 1.15 bits per heavy atom. The quantitative estimate of drug-likeness (QED) is 0.467. The molecule has 0 unspecified atom stereocenters. The molecule has 2 N–H and O–H groups in total. The van der Waals surface area contributed by atoms with Crippen LogP contribution < -0.4 is 20.3 Å². The van der Waals surface area contributed by atoms with Crippen molar-refractivity contribution in [2.75, 3.05) is 36.4 Å². The maximum Gasteiger partial charge on any atom is 0.242 e. The first-order valence-electron chi connectivity index (χ1n) is 10.9. The molecule has 172 valence electrons. The number of hydrogen-bond donors (Lipinski definition) is 2. The lowest BCUT2D eigenvalue weighted by molar-refractivity contribution is 0.428. The number of anilines is 3. The van der Waals surface area contributed by atoms with Gasteiger partial charge < -0.3 is 24.8 Å². The third-order valence-electron chi connectivity index (χ3n) is 5.97. The van der Waals surface area contributed by atoms with Crippen molar-refractivity contribution in [3.8, 4) is 17.7 Å². The molecule has 0 amide bonds. The van der Waals surface area contributed by atoms with Crippen LogP contribution in [0.15, 0.2) is 42.9 Å². The highest BCUT2D eigenvalue weighted by Gasteiger charge is 2.18. The summed E-state index contributed by atoms with van der Waals surface area (Å²) in [6, 6.07) is 10.9. The molecule has 0 bridgehead atoms. The molecule has 0 saturated carbocycles. The second-order valence-corrected chi connectivity index (χ2v) is 8.04. The predicted octanol–water partition coefficient (Wildman–Crippen LogP) is 3.63. The minimum Gasteiger partial charge on any atom is -0.434 e. The largest absolute Gasteiger partial charge is 0.434 e. The van der Waals surface area contributed by atoms with E-state index >= 15 is 4.39 Å². The van der Waals surface area contributed by atoms with Crippen LogP contribution >= 0.6 is 0 Å². The number of nitrogens with zero attached hydrogens (tertiary/aromatic N) is 6. The summed E-state index contributed by atoms with van der Waals surface area (Å²) in [5, 5.41) is 16.6. The van der Waals surface area contributed by atoms with E-state index in [2.05, 4.69) is 36.6 Å². The highest BCUT2D eigenvalue weighted by atomic mass is 19.1. The molecular formula is C24H23FN8O. The second kappa shape index (κ2) is 8.96. The Morgan fingerprint density at radius 3 is 2.71 bits per heavy atom. The van der Waals surface area contributed by atoms with Gasteiger partial charge in [-0.15, -0.1) is 0 Å². The summed E-state index contributed by atoms with van der Waals surface area (Å²) in [5.41, 5.74) is 2.76.